The van der Waals surface area contributed by atoms with E-state index in [-0.39, 0.29) is 6.42 Å². The standard InChI is InChI=1S/C19H18N2O2/c1-13-4-3-5-14(2)18(13)19-20-10-11-21(19)16-8-6-15(7-9-16)12-17(22)23/h3-11H,12H2,1-2H3,(H,22,23). The largest absolute Gasteiger partial charge is 0.481 e. The highest BCUT2D eigenvalue weighted by Crippen LogP contribution is 2.27. The van der Waals surface area contributed by atoms with Gasteiger partial charge in [0.15, 0.2) is 0 Å². The number of aryl methyl sites for hydroxylation is 2. The van der Waals surface area contributed by atoms with Crippen molar-refractivity contribution >= 4 is 5.97 Å². The van der Waals surface area contributed by atoms with Gasteiger partial charge in [0.25, 0.3) is 0 Å². The van der Waals surface area contributed by atoms with Gasteiger partial charge in [0.05, 0.1) is 6.42 Å². The van der Waals surface area contributed by atoms with E-state index in [1.54, 1.807) is 6.20 Å². The minimum absolute atomic E-state index is 0.0357. The van der Waals surface area contributed by atoms with Crippen LogP contribution in [0.1, 0.15) is 16.7 Å². The third-order valence-electron chi connectivity index (χ3n) is 3.92. The van der Waals surface area contributed by atoms with Crippen molar-refractivity contribution in [1.82, 2.24) is 9.55 Å². The van der Waals surface area contributed by atoms with Gasteiger partial charge in [0.2, 0.25) is 0 Å². The summed E-state index contributed by atoms with van der Waals surface area (Å²) in [4.78, 5) is 15.3. The van der Waals surface area contributed by atoms with Crippen LogP contribution in [-0.2, 0) is 11.2 Å². The lowest BCUT2D eigenvalue weighted by molar-refractivity contribution is -0.136. The number of benzene rings is 2. The van der Waals surface area contributed by atoms with E-state index in [1.165, 1.54) is 11.1 Å². The van der Waals surface area contributed by atoms with Crippen LogP contribution in [0.5, 0.6) is 0 Å². The van der Waals surface area contributed by atoms with Crippen LogP contribution in [0.15, 0.2) is 54.9 Å². The Kier molecular flexibility index (Phi) is 3.98. The number of carboxylic acid groups (broad SMARTS) is 1. The molecule has 0 bridgehead atoms. The average molecular weight is 306 g/mol. The molecule has 0 fully saturated rings. The van der Waals surface area contributed by atoms with Gasteiger partial charge >= 0.3 is 5.97 Å². The van der Waals surface area contributed by atoms with Crippen LogP contribution in [0.4, 0.5) is 0 Å². The van der Waals surface area contributed by atoms with Gasteiger partial charge < -0.3 is 5.11 Å². The molecule has 1 heterocycles. The molecule has 0 amide bonds. The molecule has 0 saturated carbocycles. The predicted octanol–water partition coefficient (Wildman–Crippen LogP) is 3.78. The van der Waals surface area contributed by atoms with Crippen LogP contribution in [0.3, 0.4) is 0 Å². The number of rotatable bonds is 4. The fourth-order valence-corrected chi connectivity index (χ4v) is 2.81. The maximum absolute atomic E-state index is 10.8. The van der Waals surface area contributed by atoms with Crippen LogP contribution in [-0.4, -0.2) is 20.6 Å². The molecular formula is C19H18N2O2. The summed E-state index contributed by atoms with van der Waals surface area (Å²) in [5.41, 5.74) is 5.25. The lowest BCUT2D eigenvalue weighted by Gasteiger charge is -2.13. The Hall–Kier alpha value is -2.88. The van der Waals surface area contributed by atoms with Crippen molar-refractivity contribution in [1.29, 1.82) is 0 Å². The van der Waals surface area contributed by atoms with Crippen molar-refractivity contribution in [3.8, 4) is 17.1 Å². The highest BCUT2D eigenvalue weighted by Gasteiger charge is 2.12. The summed E-state index contributed by atoms with van der Waals surface area (Å²) in [7, 11) is 0. The molecule has 2 aromatic carbocycles. The Morgan fingerprint density at radius 1 is 1.09 bits per heavy atom. The number of hydrogen-bond acceptors (Lipinski definition) is 2. The Bertz CT molecular complexity index is 828. The van der Waals surface area contributed by atoms with Crippen molar-refractivity contribution < 1.29 is 9.90 Å². The number of aromatic nitrogens is 2. The molecular weight excluding hydrogens is 288 g/mol. The molecule has 0 aliphatic rings. The molecule has 3 rings (SSSR count). The summed E-state index contributed by atoms with van der Waals surface area (Å²) < 4.78 is 2.03. The van der Waals surface area contributed by atoms with Gasteiger partial charge in [0.1, 0.15) is 5.82 Å². The normalized spacial score (nSPS) is 10.7. The Labute approximate surface area is 135 Å². The molecule has 0 spiro atoms. The van der Waals surface area contributed by atoms with Gasteiger partial charge in [-0.15, -0.1) is 0 Å². The zero-order valence-corrected chi connectivity index (χ0v) is 13.2. The van der Waals surface area contributed by atoms with E-state index >= 15 is 0 Å². The maximum Gasteiger partial charge on any atom is 0.307 e. The van der Waals surface area contributed by atoms with E-state index < -0.39 is 5.97 Å². The summed E-state index contributed by atoms with van der Waals surface area (Å²) in [6.07, 6.45) is 3.74. The minimum Gasteiger partial charge on any atom is -0.481 e. The van der Waals surface area contributed by atoms with Gasteiger partial charge in [-0.25, -0.2) is 4.98 Å². The molecule has 0 radical (unpaired) electrons. The van der Waals surface area contributed by atoms with Gasteiger partial charge in [-0.2, -0.15) is 0 Å². The van der Waals surface area contributed by atoms with Gasteiger partial charge in [-0.05, 0) is 42.7 Å². The number of carboxylic acids is 1. The first-order valence-corrected chi connectivity index (χ1v) is 7.47. The highest BCUT2D eigenvalue weighted by molar-refractivity contribution is 5.70. The average Bonchev–Trinajstić information content (AvgIpc) is 2.96. The molecule has 3 aromatic rings. The summed E-state index contributed by atoms with van der Waals surface area (Å²) in [5.74, 6) is 0.0724. The molecule has 4 nitrogen and oxygen atoms in total. The van der Waals surface area contributed by atoms with Crippen LogP contribution in [0.25, 0.3) is 17.1 Å². The van der Waals surface area contributed by atoms with E-state index in [1.807, 2.05) is 41.1 Å². The number of imidazole rings is 1. The molecule has 23 heavy (non-hydrogen) atoms. The van der Waals surface area contributed by atoms with E-state index in [0.29, 0.717) is 0 Å². The maximum atomic E-state index is 10.8. The number of carbonyl (C=O) groups is 1. The molecule has 1 N–H and O–H groups in total. The zero-order valence-electron chi connectivity index (χ0n) is 13.2. The Morgan fingerprint density at radius 3 is 2.35 bits per heavy atom. The molecule has 0 aliphatic carbocycles. The SMILES string of the molecule is Cc1cccc(C)c1-c1nccn1-c1ccc(CC(=O)O)cc1. The van der Waals surface area contributed by atoms with Crippen molar-refractivity contribution in [2.24, 2.45) is 0 Å². The molecule has 116 valence electrons. The predicted molar refractivity (Wildman–Crippen MR) is 89.8 cm³/mol. The first kappa shape index (κ1) is 15.0. The fourth-order valence-electron chi connectivity index (χ4n) is 2.81. The monoisotopic (exact) mass is 306 g/mol. The summed E-state index contributed by atoms with van der Waals surface area (Å²) in [5, 5.41) is 8.86. The van der Waals surface area contributed by atoms with Crippen LogP contribution >= 0.6 is 0 Å². The second-order valence-corrected chi connectivity index (χ2v) is 5.62. The third kappa shape index (κ3) is 3.01. The summed E-state index contributed by atoms with van der Waals surface area (Å²) >= 11 is 0. The zero-order chi connectivity index (χ0) is 16.4. The van der Waals surface area contributed by atoms with E-state index in [9.17, 15) is 4.79 Å². The molecule has 0 atom stereocenters. The highest BCUT2D eigenvalue weighted by atomic mass is 16.4. The van der Waals surface area contributed by atoms with E-state index in [0.717, 1.165) is 22.6 Å². The fraction of sp³-hybridized carbons (Fsp3) is 0.158. The van der Waals surface area contributed by atoms with Gasteiger partial charge in [-0.3, -0.25) is 9.36 Å². The summed E-state index contributed by atoms with van der Waals surface area (Å²) in [6, 6.07) is 13.8. The Morgan fingerprint density at radius 2 is 1.74 bits per heavy atom. The first-order valence-electron chi connectivity index (χ1n) is 7.47. The number of hydrogen-bond donors (Lipinski definition) is 1. The lowest BCUT2D eigenvalue weighted by atomic mass is 10.0. The number of nitrogens with zero attached hydrogens (tertiary/aromatic N) is 2. The third-order valence-corrected chi connectivity index (χ3v) is 3.92. The summed E-state index contributed by atoms with van der Waals surface area (Å²) in [6.45, 7) is 4.16. The van der Waals surface area contributed by atoms with E-state index in [2.05, 4.69) is 31.0 Å². The van der Waals surface area contributed by atoms with Crippen LogP contribution < -0.4 is 0 Å². The van der Waals surface area contributed by atoms with Crippen molar-refractivity contribution in [2.75, 3.05) is 0 Å². The first-order chi connectivity index (χ1) is 11.1. The molecule has 0 saturated heterocycles. The van der Waals surface area contributed by atoms with Gasteiger partial charge in [0, 0.05) is 23.6 Å². The van der Waals surface area contributed by atoms with Crippen molar-refractivity contribution in [2.45, 2.75) is 20.3 Å². The number of aliphatic carboxylic acids is 1. The van der Waals surface area contributed by atoms with Crippen molar-refractivity contribution in [3.05, 3.63) is 71.5 Å². The molecule has 4 heteroatoms. The topological polar surface area (TPSA) is 55.1 Å². The quantitative estimate of drug-likeness (QED) is 0.798. The molecule has 1 aromatic heterocycles. The minimum atomic E-state index is -0.823. The Balaban J connectivity index is 2.03. The lowest BCUT2D eigenvalue weighted by Crippen LogP contribution is -2.02. The second-order valence-electron chi connectivity index (χ2n) is 5.62. The van der Waals surface area contributed by atoms with E-state index in [4.69, 9.17) is 5.11 Å². The molecule has 0 aliphatic heterocycles. The van der Waals surface area contributed by atoms with Crippen molar-refractivity contribution in [3.63, 3.8) is 0 Å². The molecule has 0 unspecified atom stereocenters. The van der Waals surface area contributed by atoms with Crippen LogP contribution in [0, 0.1) is 13.8 Å². The van der Waals surface area contributed by atoms with Crippen LogP contribution in [0.2, 0.25) is 0 Å². The smallest absolute Gasteiger partial charge is 0.307 e. The van der Waals surface area contributed by atoms with Gasteiger partial charge in [-0.1, -0.05) is 30.3 Å². The second kappa shape index (κ2) is 6.08.